The Morgan fingerprint density at radius 1 is 1.12 bits per heavy atom. The normalized spacial score (nSPS) is 12.6. The summed E-state index contributed by atoms with van der Waals surface area (Å²) in [5.74, 6) is 0. The summed E-state index contributed by atoms with van der Waals surface area (Å²) in [6.45, 7) is 11.9. The number of aliphatic hydroxyl groups is 1. The molecule has 0 saturated heterocycles. The van der Waals surface area contributed by atoms with E-state index in [0.29, 0.717) is 0 Å². The zero-order valence-electron chi connectivity index (χ0n) is 11.3. The molecule has 0 aliphatic rings. The number of allylic oxidation sites excluding steroid dienone is 5. The lowest BCUT2D eigenvalue weighted by molar-refractivity contribution is 0.331. The van der Waals surface area contributed by atoms with Crippen LogP contribution in [0.5, 0.6) is 0 Å². The fourth-order valence-corrected chi connectivity index (χ4v) is 1.56. The maximum Gasteiger partial charge on any atom is 0.0639 e. The van der Waals surface area contributed by atoms with E-state index in [2.05, 4.69) is 32.2 Å². The van der Waals surface area contributed by atoms with Gasteiger partial charge in [0, 0.05) is 0 Å². The van der Waals surface area contributed by atoms with Gasteiger partial charge in [0.1, 0.15) is 0 Å². The van der Waals surface area contributed by atoms with Gasteiger partial charge in [0.15, 0.2) is 0 Å². The summed E-state index contributed by atoms with van der Waals surface area (Å²) < 4.78 is 0. The Morgan fingerprint density at radius 2 is 1.76 bits per heavy atom. The molecule has 0 aromatic heterocycles. The molecule has 1 nitrogen and oxygen atoms in total. The van der Waals surface area contributed by atoms with E-state index in [1.165, 1.54) is 11.1 Å². The van der Waals surface area contributed by atoms with Crippen LogP contribution in [0.1, 0.15) is 46.0 Å². The molecular weight excluding hydrogens is 208 g/mol. The highest BCUT2D eigenvalue weighted by atomic mass is 16.3. The molecule has 0 heterocycles. The molecule has 96 valence electrons. The first-order valence-corrected chi connectivity index (χ1v) is 6.29. The van der Waals surface area contributed by atoms with Gasteiger partial charge in [-0.2, -0.15) is 0 Å². The Labute approximate surface area is 106 Å². The predicted octanol–water partition coefficient (Wildman–Crippen LogP) is 4.56. The molecule has 0 fully saturated rings. The number of hydrogen-bond acceptors (Lipinski definition) is 1. The number of rotatable bonds is 9. The van der Waals surface area contributed by atoms with E-state index in [9.17, 15) is 0 Å². The topological polar surface area (TPSA) is 20.2 Å². The quantitative estimate of drug-likeness (QED) is 0.580. The standard InChI is InChI=1S/C16H26O/c1-5-8-16(11-6-9-14(2)3)12-7-10-15(4)13-17/h5,10-11,17H,1-2,6-9,12-13H2,3-4H3/b15-10+,16-11-. The van der Waals surface area contributed by atoms with E-state index >= 15 is 0 Å². The average molecular weight is 234 g/mol. The molecule has 0 bridgehead atoms. The summed E-state index contributed by atoms with van der Waals surface area (Å²) in [5.41, 5.74) is 3.71. The Morgan fingerprint density at radius 3 is 2.29 bits per heavy atom. The summed E-state index contributed by atoms with van der Waals surface area (Å²) >= 11 is 0. The second-order valence-corrected chi connectivity index (χ2v) is 4.60. The average Bonchev–Trinajstić information content (AvgIpc) is 2.28. The van der Waals surface area contributed by atoms with Crippen molar-refractivity contribution < 1.29 is 5.11 Å². The van der Waals surface area contributed by atoms with Gasteiger partial charge in [0.25, 0.3) is 0 Å². The van der Waals surface area contributed by atoms with Crippen LogP contribution in [-0.4, -0.2) is 11.7 Å². The maximum atomic E-state index is 8.90. The van der Waals surface area contributed by atoms with E-state index in [4.69, 9.17) is 5.11 Å². The molecule has 1 heteroatoms. The molecule has 0 spiro atoms. The van der Waals surface area contributed by atoms with E-state index < -0.39 is 0 Å². The van der Waals surface area contributed by atoms with E-state index in [0.717, 1.165) is 37.7 Å². The minimum absolute atomic E-state index is 0.163. The van der Waals surface area contributed by atoms with Crippen molar-refractivity contribution in [2.75, 3.05) is 6.61 Å². The molecule has 1 N–H and O–H groups in total. The van der Waals surface area contributed by atoms with Crippen molar-refractivity contribution in [2.24, 2.45) is 0 Å². The van der Waals surface area contributed by atoms with Gasteiger partial charge in [-0.25, -0.2) is 0 Å². The highest BCUT2D eigenvalue weighted by molar-refractivity contribution is 5.09. The largest absolute Gasteiger partial charge is 0.392 e. The summed E-state index contributed by atoms with van der Waals surface area (Å²) in [6, 6.07) is 0. The first-order valence-electron chi connectivity index (χ1n) is 6.29. The maximum absolute atomic E-state index is 8.90. The van der Waals surface area contributed by atoms with Gasteiger partial charge in [0.2, 0.25) is 0 Å². The Bertz CT molecular complexity index is 295. The molecule has 0 unspecified atom stereocenters. The lowest BCUT2D eigenvalue weighted by Crippen LogP contribution is -1.86. The summed E-state index contributed by atoms with van der Waals surface area (Å²) in [4.78, 5) is 0. The fraction of sp³-hybridized carbons (Fsp3) is 0.500. The number of hydrogen-bond donors (Lipinski definition) is 1. The third kappa shape index (κ3) is 9.83. The van der Waals surface area contributed by atoms with Gasteiger partial charge < -0.3 is 5.11 Å². The van der Waals surface area contributed by atoms with Gasteiger partial charge in [-0.1, -0.05) is 34.9 Å². The van der Waals surface area contributed by atoms with Crippen LogP contribution < -0.4 is 0 Å². The zero-order valence-corrected chi connectivity index (χ0v) is 11.3. The van der Waals surface area contributed by atoms with Crippen molar-refractivity contribution in [3.05, 3.63) is 48.1 Å². The third-order valence-electron chi connectivity index (χ3n) is 2.62. The monoisotopic (exact) mass is 234 g/mol. The molecule has 0 aromatic carbocycles. The minimum Gasteiger partial charge on any atom is -0.392 e. The lowest BCUT2D eigenvalue weighted by atomic mass is 10.0. The van der Waals surface area contributed by atoms with Gasteiger partial charge in [0.05, 0.1) is 6.61 Å². The molecule has 0 aliphatic heterocycles. The van der Waals surface area contributed by atoms with Crippen LogP contribution in [0.4, 0.5) is 0 Å². The first kappa shape index (κ1) is 15.9. The summed E-state index contributed by atoms with van der Waals surface area (Å²) in [5, 5.41) is 8.90. The van der Waals surface area contributed by atoms with Crippen molar-refractivity contribution in [1.82, 2.24) is 0 Å². The Kier molecular flexibility index (Phi) is 9.46. The molecule has 0 aliphatic carbocycles. The Hall–Kier alpha value is -1.08. The van der Waals surface area contributed by atoms with Crippen LogP contribution in [0.3, 0.4) is 0 Å². The van der Waals surface area contributed by atoms with E-state index in [-0.39, 0.29) is 6.61 Å². The van der Waals surface area contributed by atoms with Gasteiger partial charge in [-0.05, 0) is 46.0 Å². The summed E-state index contributed by atoms with van der Waals surface area (Å²) in [7, 11) is 0. The molecule has 0 aromatic rings. The van der Waals surface area contributed by atoms with Crippen molar-refractivity contribution in [1.29, 1.82) is 0 Å². The second-order valence-electron chi connectivity index (χ2n) is 4.60. The van der Waals surface area contributed by atoms with Crippen LogP contribution in [0.15, 0.2) is 48.1 Å². The van der Waals surface area contributed by atoms with Crippen molar-refractivity contribution in [3.63, 3.8) is 0 Å². The van der Waals surface area contributed by atoms with E-state index in [1.54, 1.807) is 0 Å². The molecule has 0 saturated carbocycles. The zero-order chi connectivity index (χ0) is 13.1. The van der Waals surface area contributed by atoms with Crippen LogP contribution in [0.2, 0.25) is 0 Å². The SMILES string of the molecule is C=CC/C(=C/CCC(=C)C)CC/C=C(\C)CO. The number of aliphatic hydroxyl groups excluding tert-OH is 1. The minimum atomic E-state index is 0.163. The molecule has 0 radical (unpaired) electrons. The highest BCUT2D eigenvalue weighted by Gasteiger charge is 1.95. The molecular formula is C16H26O. The first-order chi connectivity index (χ1) is 8.10. The highest BCUT2D eigenvalue weighted by Crippen LogP contribution is 2.14. The van der Waals surface area contributed by atoms with Crippen molar-refractivity contribution in [2.45, 2.75) is 46.0 Å². The smallest absolute Gasteiger partial charge is 0.0639 e. The molecule has 0 amide bonds. The summed E-state index contributed by atoms with van der Waals surface area (Å²) in [6.07, 6.45) is 11.5. The van der Waals surface area contributed by atoms with Crippen molar-refractivity contribution in [3.8, 4) is 0 Å². The van der Waals surface area contributed by atoms with Crippen molar-refractivity contribution >= 4 is 0 Å². The van der Waals surface area contributed by atoms with Crippen LogP contribution in [0, 0.1) is 0 Å². The Balaban J connectivity index is 4.13. The lowest BCUT2D eigenvalue weighted by Gasteiger charge is -2.04. The van der Waals surface area contributed by atoms with Gasteiger partial charge in [-0.15, -0.1) is 13.2 Å². The van der Waals surface area contributed by atoms with Gasteiger partial charge in [-0.3, -0.25) is 0 Å². The van der Waals surface area contributed by atoms with Crippen LogP contribution >= 0.6 is 0 Å². The van der Waals surface area contributed by atoms with Crippen LogP contribution in [-0.2, 0) is 0 Å². The third-order valence-corrected chi connectivity index (χ3v) is 2.62. The predicted molar refractivity (Wildman–Crippen MR) is 77.0 cm³/mol. The second kappa shape index (κ2) is 10.1. The molecule has 17 heavy (non-hydrogen) atoms. The van der Waals surface area contributed by atoms with Gasteiger partial charge >= 0.3 is 0 Å². The fourth-order valence-electron chi connectivity index (χ4n) is 1.56. The molecule has 0 atom stereocenters. The molecule has 0 rings (SSSR count). The van der Waals surface area contributed by atoms with E-state index in [1.807, 2.05) is 13.0 Å². The van der Waals surface area contributed by atoms with Crippen LogP contribution in [0.25, 0.3) is 0 Å².